The number of piperazine rings is 1. The zero-order valence-electron chi connectivity index (χ0n) is 15.1. The van der Waals surface area contributed by atoms with Gasteiger partial charge in [0.05, 0.1) is 6.42 Å². The van der Waals surface area contributed by atoms with Crippen molar-refractivity contribution in [3.63, 3.8) is 0 Å². The molecule has 0 aromatic carbocycles. The molecule has 0 N–H and O–H groups in total. The van der Waals surface area contributed by atoms with Crippen LogP contribution in [0.3, 0.4) is 0 Å². The fourth-order valence-electron chi connectivity index (χ4n) is 2.84. The Balaban J connectivity index is 1.59. The molecule has 6 nitrogen and oxygen atoms in total. The van der Waals surface area contributed by atoms with Crippen molar-refractivity contribution in [3.05, 3.63) is 48.2 Å². The first-order chi connectivity index (χ1) is 11.9. The number of hydrogen-bond donors (Lipinski definition) is 0. The van der Waals surface area contributed by atoms with Gasteiger partial charge in [-0.3, -0.25) is 9.78 Å². The average Bonchev–Trinajstić information content (AvgIpc) is 2.62. The van der Waals surface area contributed by atoms with Gasteiger partial charge >= 0.3 is 0 Å². The molecule has 1 amide bonds. The molecule has 0 bridgehead atoms. The second kappa shape index (κ2) is 7.17. The molecule has 0 radical (unpaired) electrons. The van der Waals surface area contributed by atoms with Crippen LogP contribution >= 0.6 is 0 Å². The predicted octanol–water partition coefficient (Wildman–Crippen LogP) is 2.06. The van der Waals surface area contributed by atoms with Gasteiger partial charge in [0.15, 0.2) is 0 Å². The number of hydrogen-bond acceptors (Lipinski definition) is 5. The largest absolute Gasteiger partial charge is 0.353 e. The summed E-state index contributed by atoms with van der Waals surface area (Å²) in [7, 11) is 0. The van der Waals surface area contributed by atoms with E-state index in [1.165, 1.54) is 0 Å². The lowest BCUT2D eigenvalue weighted by Crippen LogP contribution is -2.49. The monoisotopic (exact) mass is 339 g/mol. The standard InChI is InChI=1S/C19H25N5O/c1-19(2,3)18-21-9-7-16(22-18)23-10-12-24(13-11-23)17(25)14-15-6-4-5-8-20-15/h4-9H,10-14H2,1-3H3. The van der Waals surface area contributed by atoms with Crippen LogP contribution in [-0.2, 0) is 16.6 Å². The van der Waals surface area contributed by atoms with Crippen LogP contribution < -0.4 is 4.90 Å². The fraction of sp³-hybridized carbons (Fsp3) is 0.474. The molecule has 0 saturated carbocycles. The second-order valence-electron chi connectivity index (χ2n) is 7.35. The number of nitrogens with zero attached hydrogens (tertiary/aromatic N) is 5. The van der Waals surface area contributed by atoms with Crippen LogP contribution in [0, 0.1) is 0 Å². The molecule has 0 aliphatic carbocycles. The van der Waals surface area contributed by atoms with E-state index in [0.717, 1.165) is 30.4 Å². The lowest BCUT2D eigenvalue weighted by Gasteiger charge is -2.35. The van der Waals surface area contributed by atoms with E-state index in [1.807, 2.05) is 35.4 Å². The molecule has 0 spiro atoms. The summed E-state index contributed by atoms with van der Waals surface area (Å²) in [5, 5.41) is 0. The first-order valence-electron chi connectivity index (χ1n) is 8.69. The van der Waals surface area contributed by atoms with Gasteiger partial charge in [-0.2, -0.15) is 0 Å². The highest BCUT2D eigenvalue weighted by molar-refractivity contribution is 5.78. The summed E-state index contributed by atoms with van der Waals surface area (Å²) in [6, 6.07) is 7.61. The molecular weight excluding hydrogens is 314 g/mol. The molecule has 1 fully saturated rings. The van der Waals surface area contributed by atoms with E-state index in [9.17, 15) is 4.79 Å². The van der Waals surface area contributed by atoms with Crippen LogP contribution in [0.5, 0.6) is 0 Å². The Labute approximate surface area is 148 Å². The van der Waals surface area contributed by atoms with Crippen molar-refractivity contribution in [1.82, 2.24) is 19.9 Å². The normalized spacial score (nSPS) is 15.3. The van der Waals surface area contributed by atoms with Gasteiger partial charge in [0.2, 0.25) is 5.91 Å². The van der Waals surface area contributed by atoms with Gasteiger partial charge in [-0.05, 0) is 18.2 Å². The minimum atomic E-state index is -0.0729. The summed E-state index contributed by atoms with van der Waals surface area (Å²) in [5.41, 5.74) is 0.747. The summed E-state index contributed by atoms with van der Waals surface area (Å²) in [4.78, 5) is 29.9. The fourth-order valence-corrected chi connectivity index (χ4v) is 2.84. The number of amides is 1. The molecule has 3 heterocycles. The topological polar surface area (TPSA) is 62.2 Å². The van der Waals surface area contributed by atoms with Crippen molar-refractivity contribution >= 4 is 11.7 Å². The lowest BCUT2D eigenvalue weighted by atomic mass is 9.96. The van der Waals surface area contributed by atoms with Crippen LogP contribution in [-0.4, -0.2) is 51.9 Å². The van der Waals surface area contributed by atoms with E-state index in [1.54, 1.807) is 6.20 Å². The molecule has 2 aromatic heterocycles. The molecule has 25 heavy (non-hydrogen) atoms. The zero-order chi connectivity index (χ0) is 17.9. The van der Waals surface area contributed by atoms with Gasteiger partial charge in [0.25, 0.3) is 0 Å². The summed E-state index contributed by atoms with van der Waals surface area (Å²) in [6.45, 7) is 9.32. The summed E-state index contributed by atoms with van der Waals surface area (Å²) < 4.78 is 0. The van der Waals surface area contributed by atoms with Gasteiger partial charge in [-0.25, -0.2) is 9.97 Å². The molecule has 1 aliphatic rings. The molecule has 1 saturated heterocycles. The number of rotatable bonds is 3. The summed E-state index contributed by atoms with van der Waals surface area (Å²) in [5.74, 6) is 1.92. The maximum atomic E-state index is 12.4. The Morgan fingerprint density at radius 3 is 2.44 bits per heavy atom. The third-order valence-corrected chi connectivity index (χ3v) is 4.33. The third-order valence-electron chi connectivity index (χ3n) is 4.33. The highest BCUT2D eigenvalue weighted by Crippen LogP contribution is 2.21. The number of pyridine rings is 1. The molecule has 0 unspecified atom stereocenters. The van der Waals surface area contributed by atoms with Crippen molar-refractivity contribution in [1.29, 1.82) is 0 Å². The SMILES string of the molecule is CC(C)(C)c1nccc(N2CCN(C(=O)Cc3ccccn3)CC2)n1. The number of aromatic nitrogens is 3. The quantitative estimate of drug-likeness (QED) is 0.856. The number of carbonyl (C=O) groups excluding carboxylic acids is 1. The zero-order valence-corrected chi connectivity index (χ0v) is 15.1. The Morgan fingerprint density at radius 1 is 1.04 bits per heavy atom. The molecule has 0 atom stereocenters. The Morgan fingerprint density at radius 2 is 1.80 bits per heavy atom. The van der Waals surface area contributed by atoms with Crippen LogP contribution in [0.2, 0.25) is 0 Å². The van der Waals surface area contributed by atoms with E-state index >= 15 is 0 Å². The number of anilines is 1. The Bertz CT molecular complexity index is 718. The van der Waals surface area contributed by atoms with Crippen LogP contribution in [0.1, 0.15) is 32.3 Å². The Kier molecular flexibility index (Phi) is 4.97. The maximum Gasteiger partial charge on any atom is 0.228 e. The highest BCUT2D eigenvalue weighted by Gasteiger charge is 2.24. The second-order valence-corrected chi connectivity index (χ2v) is 7.35. The van der Waals surface area contributed by atoms with E-state index in [0.29, 0.717) is 19.5 Å². The van der Waals surface area contributed by atoms with Crippen molar-refractivity contribution in [2.45, 2.75) is 32.6 Å². The minimum Gasteiger partial charge on any atom is -0.353 e. The van der Waals surface area contributed by atoms with Gasteiger partial charge < -0.3 is 9.80 Å². The van der Waals surface area contributed by atoms with E-state index in [4.69, 9.17) is 4.98 Å². The van der Waals surface area contributed by atoms with E-state index in [2.05, 4.69) is 35.6 Å². The van der Waals surface area contributed by atoms with Crippen LogP contribution in [0.25, 0.3) is 0 Å². The maximum absolute atomic E-state index is 12.4. The lowest BCUT2D eigenvalue weighted by molar-refractivity contribution is -0.130. The Hall–Kier alpha value is -2.50. The van der Waals surface area contributed by atoms with Crippen molar-refractivity contribution in [3.8, 4) is 0 Å². The summed E-state index contributed by atoms with van der Waals surface area (Å²) >= 11 is 0. The van der Waals surface area contributed by atoms with Crippen LogP contribution in [0.4, 0.5) is 5.82 Å². The van der Waals surface area contributed by atoms with Gasteiger partial charge in [0, 0.05) is 49.7 Å². The first-order valence-corrected chi connectivity index (χ1v) is 8.69. The van der Waals surface area contributed by atoms with E-state index < -0.39 is 0 Å². The molecular formula is C19H25N5O. The van der Waals surface area contributed by atoms with Crippen LogP contribution in [0.15, 0.2) is 36.7 Å². The average molecular weight is 339 g/mol. The van der Waals surface area contributed by atoms with Gasteiger partial charge in [-0.15, -0.1) is 0 Å². The first kappa shape index (κ1) is 17.3. The van der Waals surface area contributed by atoms with Gasteiger partial charge in [0.1, 0.15) is 11.6 Å². The molecule has 3 rings (SSSR count). The molecule has 6 heteroatoms. The van der Waals surface area contributed by atoms with Crippen molar-refractivity contribution < 1.29 is 4.79 Å². The molecule has 2 aromatic rings. The predicted molar refractivity (Wildman–Crippen MR) is 97.5 cm³/mol. The molecule has 1 aliphatic heterocycles. The minimum absolute atomic E-state index is 0.0729. The third kappa shape index (κ3) is 4.32. The van der Waals surface area contributed by atoms with Crippen molar-refractivity contribution in [2.75, 3.05) is 31.1 Å². The van der Waals surface area contributed by atoms with Gasteiger partial charge in [-0.1, -0.05) is 26.8 Å². The smallest absolute Gasteiger partial charge is 0.228 e. The highest BCUT2D eigenvalue weighted by atomic mass is 16.2. The van der Waals surface area contributed by atoms with Crippen molar-refractivity contribution in [2.24, 2.45) is 0 Å². The summed E-state index contributed by atoms with van der Waals surface area (Å²) in [6.07, 6.45) is 3.91. The molecule has 132 valence electrons. The van der Waals surface area contributed by atoms with E-state index in [-0.39, 0.29) is 11.3 Å². The number of carbonyl (C=O) groups is 1.